The van der Waals surface area contributed by atoms with Gasteiger partial charge in [0.2, 0.25) is 0 Å². The Labute approximate surface area is 81.5 Å². The Balaban J connectivity index is 2.77. The molecule has 1 aromatic rings. The van der Waals surface area contributed by atoms with Crippen molar-refractivity contribution < 1.29 is 14.0 Å². The minimum absolute atomic E-state index is 0.133. The third-order valence-corrected chi connectivity index (χ3v) is 1.62. The molecule has 0 aliphatic rings. The summed E-state index contributed by atoms with van der Waals surface area (Å²) in [5, 5.41) is 4.97. The van der Waals surface area contributed by atoms with Crippen molar-refractivity contribution in [1.82, 2.24) is 10.6 Å². The zero-order valence-electron chi connectivity index (χ0n) is 8.09. The van der Waals surface area contributed by atoms with E-state index in [2.05, 4.69) is 10.6 Å². The molecular formula is C9H12N2O3. The highest BCUT2D eigenvalue weighted by atomic mass is 16.4. The van der Waals surface area contributed by atoms with Crippen LogP contribution in [0.4, 0.5) is 0 Å². The molecule has 14 heavy (non-hydrogen) atoms. The SMILES string of the molecule is CCNC(=O)c1ccc(C(=O)NC)o1. The van der Waals surface area contributed by atoms with Crippen LogP contribution in [-0.4, -0.2) is 25.4 Å². The minimum Gasteiger partial charge on any atom is -0.446 e. The third-order valence-electron chi connectivity index (χ3n) is 1.62. The Morgan fingerprint density at radius 1 is 1.29 bits per heavy atom. The van der Waals surface area contributed by atoms with E-state index in [0.717, 1.165) is 0 Å². The number of furan rings is 1. The topological polar surface area (TPSA) is 71.3 Å². The predicted molar refractivity (Wildman–Crippen MR) is 50.1 cm³/mol. The molecule has 1 aromatic heterocycles. The molecule has 0 radical (unpaired) electrons. The van der Waals surface area contributed by atoms with Crippen molar-refractivity contribution in [3.63, 3.8) is 0 Å². The highest BCUT2D eigenvalue weighted by Crippen LogP contribution is 2.07. The normalized spacial score (nSPS) is 9.57. The molecule has 76 valence electrons. The molecule has 2 amide bonds. The molecule has 1 heterocycles. The number of carbonyl (C=O) groups is 2. The lowest BCUT2D eigenvalue weighted by molar-refractivity contribution is 0.0907. The van der Waals surface area contributed by atoms with Crippen molar-refractivity contribution in [2.45, 2.75) is 6.92 Å². The van der Waals surface area contributed by atoms with E-state index in [1.165, 1.54) is 19.2 Å². The number of carbonyl (C=O) groups excluding carboxylic acids is 2. The van der Waals surface area contributed by atoms with E-state index >= 15 is 0 Å². The van der Waals surface area contributed by atoms with E-state index in [-0.39, 0.29) is 23.3 Å². The van der Waals surface area contributed by atoms with Crippen LogP contribution in [0.2, 0.25) is 0 Å². The van der Waals surface area contributed by atoms with Crippen LogP contribution in [0.3, 0.4) is 0 Å². The van der Waals surface area contributed by atoms with Crippen molar-refractivity contribution in [2.24, 2.45) is 0 Å². The second kappa shape index (κ2) is 4.45. The summed E-state index contributed by atoms with van der Waals surface area (Å²) in [7, 11) is 1.50. The van der Waals surface area contributed by atoms with Gasteiger partial charge in [-0.25, -0.2) is 0 Å². The highest BCUT2D eigenvalue weighted by molar-refractivity contribution is 5.95. The van der Waals surface area contributed by atoms with Crippen LogP contribution in [0, 0.1) is 0 Å². The monoisotopic (exact) mass is 196 g/mol. The molecule has 0 fully saturated rings. The van der Waals surface area contributed by atoms with Crippen molar-refractivity contribution >= 4 is 11.8 Å². The summed E-state index contributed by atoms with van der Waals surface area (Å²) in [5.74, 6) is -0.387. The van der Waals surface area contributed by atoms with Crippen LogP contribution in [0.15, 0.2) is 16.5 Å². The molecule has 5 nitrogen and oxygen atoms in total. The van der Waals surface area contributed by atoms with Gasteiger partial charge in [0.25, 0.3) is 11.8 Å². The molecule has 5 heteroatoms. The summed E-state index contributed by atoms with van der Waals surface area (Å²) < 4.78 is 5.03. The fraction of sp³-hybridized carbons (Fsp3) is 0.333. The standard InChI is InChI=1S/C9H12N2O3/c1-3-11-9(13)7-5-4-6(14-7)8(12)10-2/h4-5H,3H2,1-2H3,(H,10,12)(H,11,13). The lowest BCUT2D eigenvalue weighted by Crippen LogP contribution is -2.22. The first kappa shape index (κ1) is 10.3. The average Bonchev–Trinajstić information content (AvgIpc) is 2.66. The Bertz CT molecular complexity index is 344. The minimum atomic E-state index is -0.347. The summed E-state index contributed by atoms with van der Waals surface area (Å²) in [6.07, 6.45) is 0. The van der Waals surface area contributed by atoms with E-state index in [0.29, 0.717) is 6.54 Å². The highest BCUT2D eigenvalue weighted by Gasteiger charge is 2.13. The first-order chi connectivity index (χ1) is 6.69. The van der Waals surface area contributed by atoms with Gasteiger partial charge in [-0.1, -0.05) is 0 Å². The lowest BCUT2D eigenvalue weighted by atomic mass is 10.4. The number of hydrogen-bond donors (Lipinski definition) is 2. The van der Waals surface area contributed by atoms with Gasteiger partial charge >= 0.3 is 0 Å². The lowest BCUT2D eigenvalue weighted by Gasteiger charge is -1.97. The van der Waals surface area contributed by atoms with Crippen LogP contribution in [0.1, 0.15) is 28.0 Å². The van der Waals surface area contributed by atoms with Crippen LogP contribution in [0.25, 0.3) is 0 Å². The molecule has 0 saturated heterocycles. The molecule has 0 saturated carbocycles. The summed E-state index contributed by atoms with van der Waals surface area (Å²) in [4.78, 5) is 22.3. The van der Waals surface area contributed by atoms with Crippen LogP contribution in [0.5, 0.6) is 0 Å². The average molecular weight is 196 g/mol. The predicted octanol–water partition coefficient (Wildman–Crippen LogP) is 0.389. The summed E-state index contributed by atoms with van der Waals surface area (Å²) in [5.41, 5.74) is 0. The molecule has 0 spiro atoms. The van der Waals surface area contributed by atoms with Gasteiger partial charge < -0.3 is 15.1 Å². The summed E-state index contributed by atoms with van der Waals surface area (Å²) in [6, 6.07) is 2.93. The molecule has 0 aliphatic heterocycles. The van der Waals surface area contributed by atoms with Gasteiger partial charge in [-0.3, -0.25) is 9.59 Å². The van der Waals surface area contributed by atoms with Crippen molar-refractivity contribution in [3.05, 3.63) is 23.7 Å². The van der Waals surface area contributed by atoms with E-state index in [1.54, 1.807) is 6.92 Å². The molecular weight excluding hydrogens is 184 g/mol. The van der Waals surface area contributed by atoms with E-state index < -0.39 is 0 Å². The number of amides is 2. The van der Waals surface area contributed by atoms with Gasteiger partial charge in [-0.05, 0) is 19.1 Å². The van der Waals surface area contributed by atoms with Gasteiger partial charge in [0.05, 0.1) is 0 Å². The molecule has 2 N–H and O–H groups in total. The summed E-state index contributed by atoms with van der Waals surface area (Å²) in [6.45, 7) is 2.33. The molecule has 0 unspecified atom stereocenters. The largest absolute Gasteiger partial charge is 0.446 e. The number of hydrogen-bond acceptors (Lipinski definition) is 3. The third kappa shape index (κ3) is 2.12. The van der Waals surface area contributed by atoms with Gasteiger partial charge in [0, 0.05) is 13.6 Å². The summed E-state index contributed by atoms with van der Waals surface area (Å²) >= 11 is 0. The molecule has 0 bridgehead atoms. The number of rotatable bonds is 3. The van der Waals surface area contributed by atoms with Gasteiger partial charge in [0.15, 0.2) is 11.5 Å². The first-order valence-electron chi connectivity index (χ1n) is 4.29. The van der Waals surface area contributed by atoms with Gasteiger partial charge in [-0.2, -0.15) is 0 Å². The van der Waals surface area contributed by atoms with Crippen LogP contribution < -0.4 is 10.6 Å². The molecule has 0 atom stereocenters. The Kier molecular flexibility index (Phi) is 3.28. The quantitative estimate of drug-likeness (QED) is 0.734. The van der Waals surface area contributed by atoms with E-state index in [9.17, 15) is 9.59 Å². The van der Waals surface area contributed by atoms with Crippen molar-refractivity contribution in [2.75, 3.05) is 13.6 Å². The number of nitrogens with one attached hydrogen (secondary N) is 2. The molecule has 0 aliphatic carbocycles. The maximum absolute atomic E-state index is 11.2. The van der Waals surface area contributed by atoms with Crippen molar-refractivity contribution in [1.29, 1.82) is 0 Å². The fourth-order valence-electron chi connectivity index (χ4n) is 0.953. The molecule has 0 aromatic carbocycles. The zero-order chi connectivity index (χ0) is 10.6. The Morgan fingerprint density at radius 2 is 1.86 bits per heavy atom. The fourth-order valence-corrected chi connectivity index (χ4v) is 0.953. The maximum atomic E-state index is 11.2. The van der Waals surface area contributed by atoms with Crippen LogP contribution >= 0.6 is 0 Å². The Morgan fingerprint density at radius 3 is 2.36 bits per heavy atom. The van der Waals surface area contributed by atoms with Gasteiger partial charge in [0.1, 0.15) is 0 Å². The van der Waals surface area contributed by atoms with E-state index in [1.807, 2.05) is 0 Å². The smallest absolute Gasteiger partial charge is 0.287 e. The van der Waals surface area contributed by atoms with E-state index in [4.69, 9.17) is 4.42 Å². The zero-order valence-corrected chi connectivity index (χ0v) is 8.09. The molecule has 1 rings (SSSR count). The second-order valence-electron chi connectivity index (χ2n) is 2.60. The van der Waals surface area contributed by atoms with Crippen LogP contribution in [-0.2, 0) is 0 Å². The van der Waals surface area contributed by atoms with Crippen molar-refractivity contribution in [3.8, 4) is 0 Å². The first-order valence-corrected chi connectivity index (χ1v) is 4.29. The Hall–Kier alpha value is -1.78. The second-order valence-corrected chi connectivity index (χ2v) is 2.60. The maximum Gasteiger partial charge on any atom is 0.287 e. The van der Waals surface area contributed by atoms with Gasteiger partial charge in [-0.15, -0.1) is 0 Å².